The first kappa shape index (κ1) is 11.5. The number of hydrogen-bond donors (Lipinski definition) is 1. The smallest absolute Gasteiger partial charge is 0.0644 e. The van der Waals surface area contributed by atoms with Crippen LogP contribution in [0.5, 0.6) is 0 Å². The summed E-state index contributed by atoms with van der Waals surface area (Å²) in [5, 5.41) is 9.03. The van der Waals surface area contributed by atoms with Gasteiger partial charge >= 0.3 is 0 Å². The highest BCUT2D eigenvalue weighted by atomic mass is 79.9. The van der Waals surface area contributed by atoms with Crippen molar-refractivity contribution in [2.24, 2.45) is 0 Å². The summed E-state index contributed by atoms with van der Waals surface area (Å²) < 4.78 is 1.12. The molecule has 0 bridgehead atoms. The van der Waals surface area contributed by atoms with Crippen molar-refractivity contribution < 1.29 is 5.11 Å². The fourth-order valence-corrected chi connectivity index (χ4v) is 1.50. The Labute approximate surface area is 93.6 Å². The summed E-state index contributed by atoms with van der Waals surface area (Å²) in [7, 11) is 0. The Morgan fingerprint density at radius 1 is 1.50 bits per heavy atom. The molecule has 2 heteroatoms. The van der Waals surface area contributed by atoms with Crippen molar-refractivity contribution in [1.82, 2.24) is 0 Å². The number of aryl methyl sites for hydroxylation is 1. The number of halogens is 1. The molecule has 0 fully saturated rings. The summed E-state index contributed by atoms with van der Waals surface area (Å²) in [5.41, 5.74) is 3.43. The minimum Gasteiger partial charge on any atom is -0.392 e. The van der Waals surface area contributed by atoms with Gasteiger partial charge in [-0.1, -0.05) is 41.1 Å². The Balaban J connectivity index is 2.97. The Kier molecular flexibility index (Phi) is 4.36. The molecule has 0 saturated heterocycles. The van der Waals surface area contributed by atoms with Crippen molar-refractivity contribution >= 4 is 22.0 Å². The highest BCUT2D eigenvalue weighted by molar-refractivity contribution is 9.10. The second-order valence-electron chi connectivity index (χ2n) is 3.32. The van der Waals surface area contributed by atoms with Crippen LogP contribution in [0, 0.1) is 6.92 Å². The van der Waals surface area contributed by atoms with Crippen LogP contribution in [0.1, 0.15) is 24.5 Å². The summed E-state index contributed by atoms with van der Waals surface area (Å²) in [5.74, 6) is 0. The van der Waals surface area contributed by atoms with Crippen molar-refractivity contribution in [3.05, 3.63) is 39.4 Å². The van der Waals surface area contributed by atoms with Gasteiger partial charge in [-0.05, 0) is 36.1 Å². The van der Waals surface area contributed by atoms with Crippen molar-refractivity contribution in [2.45, 2.75) is 20.3 Å². The molecule has 0 spiro atoms. The molecule has 0 radical (unpaired) electrons. The lowest BCUT2D eigenvalue weighted by molar-refractivity contribution is 0.329. The van der Waals surface area contributed by atoms with Crippen LogP contribution in [0.2, 0.25) is 0 Å². The molecular weight excluding hydrogens is 240 g/mol. The second-order valence-corrected chi connectivity index (χ2v) is 4.18. The third kappa shape index (κ3) is 2.96. The van der Waals surface area contributed by atoms with Gasteiger partial charge < -0.3 is 5.11 Å². The molecule has 1 rings (SSSR count). The van der Waals surface area contributed by atoms with Crippen LogP contribution in [-0.4, -0.2) is 11.7 Å². The SMILES string of the molecule is CCC(=Cc1ccc(Br)c(C)c1)CO. The number of rotatable bonds is 3. The normalized spacial score (nSPS) is 11.9. The maximum absolute atomic E-state index is 9.03. The highest BCUT2D eigenvalue weighted by Gasteiger charge is 1.96. The van der Waals surface area contributed by atoms with Gasteiger partial charge in [0.15, 0.2) is 0 Å². The zero-order chi connectivity index (χ0) is 10.6. The van der Waals surface area contributed by atoms with Gasteiger partial charge in [-0.2, -0.15) is 0 Å². The molecule has 0 aliphatic heterocycles. The Morgan fingerprint density at radius 3 is 2.71 bits per heavy atom. The van der Waals surface area contributed by atoms with Crippen LogP contribution in [0.15, 0.2) is 28.2 Å². The minimum absolute atomic E-state index is 0.144. The van der Waals surface area contributed by atoms with Gasteiger partial charge in [0.05, 0.1) is 6.61 Å². The molecule has 0 aromatic heterocycles. The predicted molar refractivity (Wildman–Crippen MR) is 64.2 cm³/mol. The number of aliphatic hydroxyl groups excluding tert-OH is 1. The first-order chi connectivity index (χ1) is 6.67. The van der Waals surface area contributed by atoms with Crippen LogP contribution < -0.4 is 0 Å². The largest absolute Gasteiger partial charge is 0.392 e. The number of benzene rings is 1. The van der Waals surface area contributed by atoms with E-state index in [-0.39, 0.29) is 6.61 Å². The maximum atomic E-state index is 9.03. The minimum atomic E-state index is 0.144. The summed E-state index contributed by atoms with van der Waals surface area (Å²) in [6.45, 7) is 4.26. The van der Waals surface area contributed by atoms with Crippen LogP contribution in [0.4, 0.5) is 0 Å². The van der Waals surface area contributed by atoms with Gasteiger partial charge in [0.2, 0.25) is 0 Å². The van der Waals surface area contributed by atoms with Crippen molar-refractivity contribution in [3.8, 4) is 0 Å². The monoisotopic (exact) mass is 254 g/mol. The lowest BCUT2D eigenvalue weighted by Gasteiger charge is -2.02. The van der Waals surface area contributed by atoms with E-state index in [1.165, 1.54) is 5.56 Å². The van der Waals surface area contributed by atoms with Gasteiger partial charge in [0.25, 0.3) is 0 Å². The standard InChI is InChI=1S/C12H15BrO/c1-3-10(8-14)7-11-4-5-12(13)9(2)6-11/h4-7,14H,3,8H2,1-2H3. The van der Waals surface area contributed by atoms with E-state index in [1.807, 2.05) is 25.1 Å². The van der Waals surface area contributed by atoms with Crippen LogP contribution in [0.3, 0.4) is 0 Å². The summed E-state index contributed by atoms with van der Waals surface area (Å²) >= 11 is 3.46. The molecular formula is C12H15BrO. The Hall–Kier alpha value is -0.600. The fraction of sp³-hybridized carbons (Fsp3) is 0.333. The summed E-state index contributed by atoms with van der Waals surface area (Å²) in [6, 6.07) is 6.18. The van der Waals surface area contributed by atoms with E-state index in [4.69, 9.17) is 5.11 Å². The molecule has 1 aromatic rings. The fourth-order valence-electron chi connectivity index (χ4n) is 1.25. The van der Waals surface area contributed by atoms with Gasteiger partial charge in [-0.25, -0.2) is 0 Å². The molecule has 0 heterocycles. The molecule has 0 saturated carbocycles. The van der Waals surface area contributed by atoms with Crippen LogP contribution >= 0.6 is 15.9 Å². The topological polar surface area (TPSA) is 20.2 Å². The molecule has 0 unspecified atom stereocenters. The van der Waals surface area contributed by atoms with E-state index in [9.17, 15) is 0 Å². The lowest BCUT2D eigenvalue weighted by Crippen LogP contribution is -1.88. The number of aliphatic hydroxyl groups is 1. The molecule has 0 amide bonds. The van der Waals surface area contributed by atoms with E-state index < -0.39 is 0 Å². The maximum Gasteiger partial charge on any atom is 0.0644 e. The molecule has 0 atom stereocenters. The van der Waals surface area contributed by atoms with Crippen LogP contribution in [0.25, 0.3) is 6.08 Å². The van der Waals surface area contributed by atoms with Crippen molar-refractivity contribution in [2.75, 3.05) is 6.61 Å². The number of hydrogen-bond acceptors (Lipinski definition) is 1. The van der Waals surface area contributed by atoms with E-state index in [2.05, 4.69) is 28.9 Å². The van der Waals surface area contributed by atoms with E-state index in [0.717, 1.165) is 22.0 Å². The van der Waals surface area contributed by atoms with Crippen molar-refractivity contribution in [3.63, 3.8) is 0 Å². The van der Waals surface area contributed by atoms with Gasteiger partial charge in [0.1, 0.15) is 0 Å². The molecule has 14 heavy (non-hydrogen) atoms. The van der Waals surface area contributed by atoms with Gasteiger partial charge in [-0.15, -0.1) is 0 Å². The second kappa shape index (κ2) is 5.32. The molecule has 0 aliphatic carbocycles. The molecule has 76 valence electrons. The molecule has 1 nitrogen and oxygen atoms in total. The zero-order valence-corrected chi connectivity index (χ0v) is 10.1. The molecule has 1 N–H and O–H groups in total. The highest BCUT2D eigenvalue weighted by Crippen LogP contribution is 2.19. The zero-order valence-electron chi connectivity index (χ0n) is 8.55. The van der Waals surface area contributed by atoms with Crippen molar-refractivity contribution in [1.29, 1.82) is 0 Å². The van der Waals surface area contributed by atoms with E-state index in [0.29, 0.717) is 0 Å². The first-order valence-electron chi connectivity index (χ1n) is 4.73. The third-order valence-corrected chi connectivity index (χ3v) is 3.10. The predicted octanol–water partition coefficient (Wildman–Crippen LogP) is 3.54. The average Bonchev–Trinajstić information content (AvgIpc) is 2.19. The lowest BCUT2D eigenvalue weighted by atomic mass is 10.1. The van der Waals surface area contributed by atoms with Gasteiger partial charge in [0, 0.05) is 4.47 Å². The first-order valence-corrected chi connectivity index (χ1v) is 5.53. The Morgan fingerprint density at radius 2 is 2.21 bits per heavy atom. The third-order valence-electron chi connectivity index (χ3n) is 2.21. The van der Waals surface area contributed by atoms with E-state index >= 15 is 0 Å². The van der Waals surface area contributed by atoms with Crippen LogP contribution in [-0.2, 0) is 0 Å². The summed E-state index contributed by atoms with van der Waals surface area (Å²) in [4.78, 5) is 0. The molecule has 0 aliphatic rings. The van der Waals surface area contributed by atoms with E-state index in [1.54, 1.807) is 0 Å². The Bertz CT molecular complexity index is 336. The summed E-state index contributed by atoms with van der Waals surface area (Å²) in [6.07, 6.45) is 2.94. The van der Waals surface area contributed by atoms with Gasteiger partial charge in [-0.3, -0.25) is 0 Å². The quantitative estimate of drug-likeness (QED) is 0.875. The molecule has 1 aromatic carbocycles. The average molecular weight is 255 g/mol.